The first-order chi connectivity index (χ1) is 15.4. The summed E-state index contributed by atoms with van der Waals surface area (Å²) in [6.45, 7) is 2.00. The molecule has 0 bridgehead atoms. The molecule has 3 amide bonds. The van der Waals surface area contributed by atoms with Gasteiger partial charge in [-0.2, -0.15) is 5.10 Å². The molecule has 0 atom stereocenters. The first kappa shape index (κ1) is 21.2. The molecule has 164 valence electrons. The van der Waals surface area contributed by atoms with Gasteiger partial charge in [0.25, 0.3) is 11.8 Å². The molecule has 1 N–H and O–H groups in total. The lowest BCUT2D eigenvalue weighted by Gasteiger charge is -2.27. The van der Waals surface area contributed by atoms with Crippen molar-refractivity contribution < 1.29 is 23.9 Å². The van der Waals surface area contributed by atoms with Crippen molar-refractivity contribution in [3.63, 3.8) is 0 Å². The SMILES string of the molecule is CCOC(=O)c1cnn(C)c1NC(=O)CCCN1C(=O)c2cccc3cccc(c23)C1=O. The van der Waals surface area contributed by atoms with Crippen LogP contribution in [0.1, 0.15) is 50.8 Å². The van der Waals surface area contributed by atoms with Crippen LogP contribution in [0.15, 0.2) is 42.6 Å². The van der Waals surface area contributed by atoms with Crippen LogP contribution < -0.4 is 5.32 Å². The van der Waals surface area contributed by atoms with Crippen LogP contribution in [-0.4, -0.2) is 51.5 Å². The molecule has 0 spiro atoms. The molecule has 0 radical (unpaired) electrons. The highest BCUT2D eigenvalue weighted by atomic mass is 16.5. The Morgan fingerprint density at radius 1 is 1.06 bits per heavy atom. The molecule has 0 saturated heterocycles. The maximum absolute atomic E-state index is 12.9. The zero-order valence-electron chi connectivity index (χ0n) is 17.8. The third-order valence-electron chi connectivity index (χ3n) is 5.33. The van der Waals surface area contributed by atoms with E-state index in [-0.39, 0.29) is 55.1 Å². The van der Waals surface area contributed by atoms with Crippen LogP contribution in [0.25, 0.3) is 10.8 Å². The molecule has 1 aromatic heterocycles. The van der Waals surface area contributed by atoms with E-state index in [0.717, 1.165) is 5.39 Å². The predicted molar refractivity (Wildman–Crippen MR) is 116 cm³/mol. The number of hydrogen-bond donors (Lipinski definition) is 1. The zero-order valence-corrected chi connectivity index (χ0v) is 17.8. The van der Waals surface area contributed by atoms with Gasteiger partial charge in [0.05, 0.1) is 12.8 Å². The number of ether oxygens (including phenoxy) is 1. The molecule has 1 aliphatic rings. The number of benzene rings is 2. The Morgan fingerprint density at radius 3 is 2.34 bits per heavy atom. The van der Waals surface area contributed by atoms with E-state index in [1.165, 1.54) is 15.8 Å². The minimum Gasteiger partial charge on any atom is -0.462 e. The summed E-state index contributed by atoms with van der Waals surface area (Å²) in [6, 6.07) is 10.7. The van der Waals surface area contributed by atoms with Crippen LogP contribution >= 0.6 is 0 Å². The summed E-state index contributed by atoms with van der Waals surface area (Å²) >= 11 is 0. The highest BCUT2D eigenvalue weighted by molar-refractivity contribution is 6.25. The van der Waals surface area contributed by atoms with Gasteiger partial charge in [0.1, 0.15) is 11.4 Å². The lowest BCUT2D eigenvalue weighted by atomic mass is 9.94. The average molecular weight is 434 g/mol. The first-order valence-corrected chi connectivity index (χ1v) is 10.3. The Bertz CT molecular complexity index is 1200. The Kier molecular flexibility index (Phi) is 5.72. The van der Waals surface area contributed by atoms with E-state index in [9.17, 15) is 19.2 Å². The van der Waals surface area contributed by atoms with Gasteiger partial charge in [-0.1, -0.05) is 24.3 Å². The van der Waals surface area contributed by atoms with E-state index in [1.807, 2.05) is 12.1 Å². The maximum Gasteiger partial charge on any atom is 0.343 e. The smallest absolute Gasteiger partial charge is 0.343 e. The van der Waals surface area contributed by atoms with E-state index in [4.69, 9.17) is 4.74 Å². The number of carbonyl (C=O) groups excluding carboxylic acids is 4. The summed E-state index contributed by atoms with van der Waals surface area (Å²) in [4.78, 5) is 51.5. The third kappa shape index (κ3) is 3.73. The second-order valence-corrected chi connectivity index (χ2v) is 7.37. The zero-order chi connectivity index (χ0) is 22.8. The summed E-state index contributed by atoms with van der Waals surface area (Å²) in [6.07, 6.45) is 1.65. The normalized spacial score (nSPS) is 12.9. The fourth-order valence-corrected chi connectivity index (χ4v) is 3.82. The van der Waals surface area contributed by atoms with E-state index in [2.05, 4.69) is 10.4 Å². The quantitative estimate of drug-likeness (QED) is 0.452. The van der Waals surface area contributed by atoms with Crippen molar-refractivity contribution in [3.8, 4) is 0 Å². The van der Waals surface area contributed by atoms with Crippen molar-refractivity contribution in [1.82, 2.24) is 14.7 Å². The molecule has 0 saturated carbocycles. The van der Waals surface area contributed by atoms with Gasteiger partial charge in [0, 0.05) is 36.5 Å². The van der Waals surface area contributed by atoms with Crippen molar-refractivity contribution >= 4 is 40.3 Å². The minimum absolute atomic E-state index is 0.0519. The molecule has 0 unspecified atom stereocenters. The number of esters is 1. The largest absolute Gasteiger partial charge is 0.462 e. The Labute approximate surface area is 183 Å². The van der Waals surface area contributed by atoms with Crippen LogP contribution in [-0.2, 0) is 16.6 Å². The summed E-state index contributed by atoms with van der Waals surface area (Å²) in [5.41, 5.74) is 1.13. The molecule has 32 heavy (non-hydrogen) atoms. The molecule has 0 aliphatic carbocycles. The second kappa shape index (κ2) is 8.62. The molecule has 1 aliphatic heterocycles. The number of nitrogens with zero attached hydrogens (tertiary/aromatic N) is 3. The van der Waals surface area contributed by atoms with Crippen molar-refractivity contribution in [2.75, 3.05) is 18.5 Å². The van der Waals surface area contributed by atoms with Crippen LogP contribution in [0.4, 0.5) is 5.82 Å². The van der Waals surface area contributed by atoms with Gasteiger partial charge in [-0.05, 0) is 30.9 Å². The minimum atomic E-state index is -0.576. The average Bonchev–Trinajstić information content (AvgIpc) is 3.14. The molecular weight excluding hydrogens is 412 g/mol. The van der Waals surface area contributed by atoms with Crippen LogP contribution in [0.5, 0.6) is 0 Å². The van der Waals surface area contributed by atoms with Gasteiger partial charge in [-0.3, -0.25) is 24.0 Å². The molecule has 3 aromatic rings. The number of imide groups is 1. The summed E-state index contributed by atoms with van der Waals surface area (Å²) in [7, 11) is 1.60. The van der Waals surface area contributed by atoms with Crippen molar-refractivity contribution in [1.29, 1.82) is 0 Å². The van der Waals surface area contributed by atoms with Crippen molar-refractivity contribution in [2.45, 2.75) is 19.8 Å². The van der Waals surface area contributed by atoms with Gasteiger partial charge in [-0.15, -0.1) is 0 Å². The van der Waals surface area contributed by atoms with Crippen molar-refractivity contribution in [2.24, 2.45) is 7.05 Å². The van der Waals surface area contributed by atoms with Gasteiger partial charge in [-0.25, -0.2) is 4.79 Å². The predicted octanol–water partition coefficient (Wildman–Crippen LogP) is 2.76. The summed E-state index contributed by atoms with van der Waals surface area (Å²) < 4.78 is 6.35. The van der Waals surface area contributed by atoms with Gasteiger partial charge in [0.2, 0.25) is 5.91 Å². The third-order valence-corrected chi connectivity index (χ3v) is 5.33. The first-order valence-electron chi connectivity index (χ1n) is 10.3. The van der Waals surface area contributed by atoms with Crippen molar-refractivity contribution in [3.05, 3.63) is 59.3 Å². The molecule has 2 heterocycles. The number of hydrogen-bond acceptors (Lipinski definition) is 6. The lowest BCUT2D eigenvalue weighted by molar-refractivity contribution is -0.116. The monoisotopic (exact) mass is 434 g/mol. The fraction of sp³-hybridized carbons (Fsp3) is 0.261. The van der Waals surface area contributed by atoms with E-state index < -0.39 is 5.97 Å². The summed E-state index contributed by atoms with van der Waals surface area (Å²) in [5.74, 6) is -1.43. The number of nitrogens with one attached hydrogen (secondary N) is 1. The summed E-state index contributed by atoms with van der Waals surface area (Å²) in [5, 5.41) is 8.16. The Morgan fingerprint density at radius 2 is 1.72 bits per heavy atom. The molecule has 0 fully saturated rings. The van der Waals surface area contributed by atoms with Gasteiger partial charge in [0.15, 0.2) is 0 Å². The number of aromatic nitrogens is 2. The van der Waals surface area contributed by atoms with Crippen LogP contribution in [0.3, 0.4) is 0 Å². The molecule has 2 aromatic carbocycles. The highest BCUT2D eigenvalue weighted by Crippen LogP contribution is 2.30. The standard InChI is InChI=1S/C23H22N4O5/c1-3-32-23(31)17-13-24-26(2)20(17)25-18(28)11-6-12-27-21(29)15-9-4-7-14-8-5-10-16(19(14)15)22(27)30/h4-5,7-10,13H,3,6,11-12H2,1-2H3,(H,25,28). The Hall–Kier alpha value is -4.01. The number of anilines is 1. The fourth-order valence-electron chi connectivity index (χ4n) is 3.82. The number of rotatable bonds is 7. The molecule has 4 rings (SSSR count). The lowest BCUT2D eigenvalue weighted by Crippen LogP contribution is -2.41. The van der Waals surface area contributed by atoms with E-state index >= 15 is 0 Å². The van der Waals surface area contributed by atoms with Gasteiger partial charge < -0.3 is 10.1 Å². The number of amides is 3. The van der Waals surface area contributed by atoms with E-state index in [0.29, 0.717) is 16.5 Å². The second-order valence-electron chi connectivity index (χ2n) is 7.37. The molecular formula is C23H22N4O5. The molecule has 9 nitrogen and oxygen atoms in total. The van der Waals surface area contributed by atoms with Gasteiger partial charge >= 0.3 is 5.97 Å². The highest BCUT2D eigenvalue weighted by Gasteiger charge is 2.32. The van der Waals surface area contributed by atoms with Crippen LogP contribution in [0, 0.1) is 0 Å². The molecule has 9 heteroatoms. The Balaban J connectivity index is 1.42. The van der Waals surface area contributed by atoms with Crippen LogP contribution in [0.2, 0.25) is 0 Å². The number of carbonyl (C=O) groups is 4. The number of aryl methyl sites for hydroxylation is 1. The van der Waals surface area contributed by atoms with E-state index in [1.54, 1.807) is 38.2 Å². The topological polar surface area (TPSA) is 111 Å². The maximum atomic E-state index is 12.9.